The molecule has 0 unspecified atom stereocenters. The highest BCUT2D eigenvalue weighted by molar-refractivity contribution is 5.66. The molecule has 0 atom stereocenters. The SMILES string of the molecule is CCCCCc1n(CC)cc[n+]1CCCC(=O)O. The van der Waals surface area contributed by atoms with Gasteiger partial charge < -0.3 is 5.11 Å². The van der Waals surface area contributed by atoms with E-state index in [1.807, 2.05) is 0 Å². The lowest BCUT2D eigenvalue weighted by molar-refractivity contribution is -0.704. The molecular formula is C14H25N2O2+. The van der Waals surface area contributed by atoms with Crippen LogP contribution in [0.15, 0.2) is 12.4 Å². The van der Waals surface area contributed by atoms with Crippen LogP contribution in [0.3, 0.4) is 0 Å². The van der Waals surface area contributed by atoms with Crippen LogP contribution < -0.4 is 4.57 Å². The molecule has 4 nitrogen and oxygen atoms in total. The smallest absolute Gasteiger partial charge is 0.303 e. The van der Waals surface area contributed by atoms with Crippen molar-refractivity contribution in [3.8, 4) is 0 Å². The van der Waals surface area contributed by atoms with E-state index in [0.717, 1.165) is 19.5 Å². The van der Waals surface area contributed by atoms with Crippen molar-refractivity contribution in [3.63, 3.8) is 0 Å². The Morgan fingerprint density at radius 1 is 1.33 bits per heavy atom. The predicted octanol–water partition coefficient (Wildman–Crippen LogP) is 2.39. The molecule has 4 heteroatoms. The Bertz CT molecular complexity index is 372. The maximum Gasteiger partial charge on any atom is 0.303 e. The van der Waals surface area contributed by atoms with Crippen LogP contribution >= 0.6 is 0 Å². The number of aryl methyl sites for hydroxylation is 2. The first-order valence-corrected chi connectivity index (χ1v) is 6.98. The van der Waals surface area contributed by atoms with E-state index < -0.39 is 5.97 Å². The Hall–Kier alpha value is -1.32. The third-order valence-corrected chi connectivity index (χ3v) is 3.22. The highest BCUT2D eigenvalue weighted by Crippen LogP contribution is 2.05. The van der Waals surface area contributed by atoms with Gasteiger partial charge in [-0.2, -0.15) is 0 Å². The molecule has 1 heterocycles. The first kappa shape index (κ1) is 14.7. The summed E-state index contributed by atoms with van der Waals surface area (Å²) in [7, 11) is 0. The van der Waals surface area contributed by atoms with Crippen molar-refractivity contribution in [2.75, 3.05) is 0 Å². The number of rotatable bonds is 9. The number of carboxylic acid groups (broad SMARTS) is 1. The van der Waals surface area contributed by atoms with Gasteiger partial charge in [-0.3, -0.25) is 4.79 Å². The molecular weight excluding hydrogens is 228 g/mol. The monoisotopic (exact) mass is 253 g/mol. The van der Waals surface area contributed by atoms with Crippen LogP contribution in [0.25, 0.3) is 0 Å². The number of aromatic nitrogens is 2. The summed E-state index contributed by atoms with van der Waals surface area (Å²) in [6.45, 7) is 6.14. The van der Waals surface area contributed by atoms with Gasteiger partial charge in [0.05, 0.1) is 13.1 Å². The van der Waals surface area contributed by atoms with Crippen molar-refractivity contribution in [2.24, 2.45) is 0 Å². The van der Waals surface area contributed by atoms with E-state index in [1.54, 1.807) is 0 Å². The number of hydrogen-bond donors (Lipinski definition) is 1. The number of unbranched alkanes of at least 4 members (excludes halogenated alkanes) is 2. The molecule has 1 aromatic rings. The van der Waals surface area contributed by atoms with E-state index in [0.29, 0.717) is 6.42 Å². The van der Waals surface area contributed by atoms with Crippen molar-refractivity contribution in [1.29, 1.82) is 0 Å². The molecule has 0 bridgehead atoms. The van der Waals surface area contributed by atoms with Crippen molar-refractivity contribution in [1.82, 2.24) is 4.57 Å². The summed E-state index contributed by atoms with van der Waals surface area (Å²) in [6.07, 6.45) is 9.90. The summed E-state index contributed by atoms with van der Waals surface area (Å²) in [5.41, 5.74) is 0. The lowest BCUT2D eigenvalue weighted by atomic mass is 10.2. The van der Waals surface area contributed by atoms with Gasteiger partial charge in [-0.15, -0.1) is 0 Å². The molecule has 1 aromatic heterocycles. The van der Waals surface area contributed by atoms with Gasteiger partial charge in [-0.25, -0.2) is 9.13 Å². The summed E-state index contributed by atoms with van der Waals surface area (Å²) in [6, 6.07) is 0. The zero-order valence-corrected chi connectivity index (χ0v) is 11.6. The van der Waals surface area contributed by atoms with Crippen LogP contribution in [0.1, 0.15) is 51.8 Å². The molecule has 0 spiro atoms. The fourth-order valence-corrected chi connectivity index (χ4v) is 2.21. The molecule has 0 aliphatic heterocycles. The quantitative estimate of drug-likeness (QED) is 0.542. The van der Waals surface area contributed by atoms with Crippen LogP contribution in [0.5, 0.6) is 0 Å². The third-order valence-electron chi connectivity index (χ3n) is 3.22. The normalized spacial score (nSPS) is 10.8. The fourth-order valence-electron chi connectivity index (χ4n) is 2.21. The molecule has 0 saturated carbocycles. The first-order valence-electron chi connectivity index (χ1n) is 6.98. The molecule has 0 saturated heterocycles. The molecule has 0 fully saturated rings. The van der Waals surface area contributed by atoms with Crippen molar-refractivity contribution in [3.05, 3.63) is 18.2 Å². The lowest BCUT2D eigenvalue weighted by Gasteiger charge is -2.03. The lowest BCUT2D eigenvalue weighted by Crippen LogP contribution is -2.37. The van der Waals surface area contributed by atoms with Gasteiger partial charge in [0, 0.05) is 12.8 Å². The molecule has 102 valence electrons. The second-order valence-corrected chi connectivity index (χ2v) is 4.65. The Labute approximate surface area is 109 Å². The average Bonchev–Trinajstić information content (AvgIpc) is 2.72. The molecule has 0 radical (unpaired) electrons. The maximum atomic E-state index is 10.5. The maximum absolute atomic E-state index is 10.5. The molecule has 0 aliphatic rings. The standard InChI is InChI=1S/C14H24N2O2/c1-3-5-6-8-13-15(4-2)11-12-16(13)10-7-9-14(17)18/h11-12H,3-10H2,1-2H3/p+1. The molecule has 0 amide bonds. The minimum Gasteiger partial charge on any atom is -0.481 e. The Balaban J connectivity index is 2.59. The van der Waals surface area contributed by atoms with Gasteiger partial charge in [-0.1, -0.05) is 19.8 Å². The highest BCUT2D eigenvalue weighted by Gasteiger charge is 2.15. The number of imidazole rings is 1. The van der Waals surface area contributed by atoms with Gasteiger partial charge in [-0.05, 0) is 19.8 Å². The molecule has 0 aromatic carbocycles. The molecule has 1 rings (SSSR count). The minimum atomic E-state index is -0.710. The predicted molar refractivity (Wildman–Crippen MR) is 70.4 cm³/mol. The highest BCUT2D eigenvalue weighted by atomic mass is 16.4. The van der Waals surface area contributed by atoms with E-state index in [-0.39, 0.29) is 6.42 Å². The van der Waals surface area contributed by atoms with Gasteiger partial charge >= 0.3 is 5.97 Å². The van der Waals surface area contributed by atoms with Gasteiger partial charge in [0.1, 0.15) is 12.4 Å². The summed E-state index contributed by atoms with van der Waals surface area (Å²) >= 11 is 0. The second-order valence-electron chi connectivity index (χ2n) is 4.65. The largest absolute Gasteiger partial charge is 0.481 e. The number of carbonyl (C=O) groups is 1. The van der Waals surface area contributed by atoms with Crippen LogP contribution in [0, 0.1) is 0 Å². The Kier molecular flexibility index (Phi) is 6.47. The van der Waals surface area contributed by atoms with Crippen LogP contribution in [-0.4, -0.2) is 15.6 Å². The fraction of sp³-hybridized carbons (Fsp3) is 0.714. The van der Waals surface area contributed by atoms with Gasteiger partial charge in [0.15, 0.2) is 0 Å². The minimum absolute atomic E-state index is 0.249. The van der Waals surface area contributed by atoms with E-state index >= 15 is 0 Å². The summed E-state index contributed by atoms with van der Waals surface area (Å²) < 4.78 is 4.47. The number of carboxylic acids is 1. The van der Waals surface area contributed by atoms with Gasteiger partial charge in [0.2, 0.25) is 0 Å². The van der Waals surface area contributed by atoms with Crippen LogP contribution in [0.2, 0.25) is 0 Å². The van der Waals surface area contributed by atoms with E-state index in [1.165, 1.54) is 25.1 Å². The van der Waals surface area contributed by atoms with E-state index in [9.17, 15) is 4.79 Å². The number of aliphatic carboxylic acids is 1. The average molecular weight is 253 g/mol. The second kappa shape index (κ2) is 7.90. The summed E-state index contributed by atoms with van der Waals surface area (Å²) in [5, 5.41) is 8.67. The van der Waals surface area contributed by atoms with E-state index in [2.05, 4.69) is 35.4 Å². The molecule has 18 heavy (non-hydrogen) atoms. The Morgan fingerprint density at radius 3 is 2.72 bits per heavy atom. The van der Waals surface area contributed by atoms with Crippen molar-refractivity contribution in [2.45, 2.75) is 65.5 Å². The van der Waals surface area contributed by atoms with Crippen molar-refractivity contribution < 1.29 is 14.5 Å². The topological polar surface area (TPSA) is 46.1 Å². The summed E-state index contributed by atoms with van der Waals surface area (Å²) in [4.78, 5) is 10.5. The van der Waals surface area contributed by atoms with Crippen molar-refractivity contribution >= 4 is 5.97 Å². The number of nitrogens with zero attached hydrogens (tertiary/aromatic N) is 2. The Morgan fingerprint density at radius 2 is 2.11 bits per heavy atom. The van der Waals surface area contributed by atoms with Crippen LogP contribution in [-0.2, 0) is 24.3 Å². The third kappa shape index (κ3) is 4.51. The first-order chi connectivity index (χ1) is 8.69. The van der Waals surface area contributed by atoms with E-state index in [4.69, 9.17) is 5.11 Å². The zero-order chi connectivity index (χ0) is 13.4. The molecule has 0 aliphatic carbocycles. The summed E-state index contributed by atoms with van der Waals surface area (Å²) in [5.74, 6) is 0.620. The zero-order valence-electron chi connectivity index (χ0n) is 11.6. The number of hydrogen-bond acceptors (Lipinski definition) is 1. The molecule has 1 N–H and O–H groups in total. The van der Waals surface area contributed by atoms with Gasteiger partial charge in [0.25, 0.3) is 5.82 Å². The van der Waals surface area contributed by atoms with Crippen LogP contribution in [0.4, 0.5) is 0 Å².